The van der Waals surface area contributed by atoms with Gasteiger partial charge in [0.25, 0.3) is 0 Å². The highest BCUT2D eigenvalue weighted by Crippen LogP contribution is 2.37. The molecular weight excluding hydrogens is 616 g/mol. The summed E-state index contributed by atoms with van der Waals surface area (Å²) in [5.41, 5.74) is 6.11. The second kappa shape index (κ2) is 15.6. The van der Waals surface area contributed by atoms with Gasteiger partial charge in [-0.05, 0) is 86.8 Å². The van der Waals surface area contributed by atoms with Crippen LogP contribution in [-0.4, -0.2) is 13.9 Å². The lowest BCUT2D eigenvalue weighted by molar-refractivity contribution is 0.308. The zero-order valence-corrected chi connectivity index (χ0v) is 29.9. The van der Waals surface area contributed by atoms with Crippen molar-refractivity contribution in [2.45, 2.75) is 78.6 Å². The largest absolute Gasteiger partial charge is 0.508 e. The number of hydrogen-bond donors (Lipinski definition) is 1. The summed E-state index contributed by atoms with van der Waals surface area (Å²) in [4.78, 5) is 0. The van der Waals surface area contributed by atoms with Gasteiger partial charge in [0.15, 0.2) is 0 Å². The van der Waals surface area contributed by atoms with Gasteiger partial charge in [0, 0.05) is 11.1 Å². The molecule has 8 rings (SSSR count). The van der Waals surface area contributed by atoms with Gasteiger partial charge >= 0.3 is 0 Å². The minimum Gasteiger partial charge on any atom is -0.508 e. The van der Waals surface area contributed by atoms with E-state index in [4.69, 9.17) is 4.52 Å². The van der Waals surface area contributed by atoms with E-state index in [2.05, 4.69) is 87.5 Å². The zero-order chi connectivity index (χ0) is 32.8. The fourth-order valence-electron chi connectivity index (χ4n) is 6.93. The molecule has 0 bridgehead atoms. The normalized spacial score (nSPS) is 18.3. The highest BCUT2D eigenvalue weighted by Gasteiger charge is 2.15. The molecule has 5 aromatic carbocycles. The van der Waals surface area contributed by atoms with Gasteiger partial charge in [0.1, 0.15) is 22.5 Å². The average molecular weight is 663 g/mol. The summed E-state index contributed by atoms with van der Waals surface area (Å²) >= 11 is 1.23. The van der Waals surface area contributed by atoms with Crippen LogP contribution in [-0.2, 0) is 0 Å². The minimum atomic E-state index is 0.272. The molecule has 2 aliphatic rings. The van der Waals surface area contributed by atoms with E-state index in [0.29, 0.717) is 0 Å². The molecule has 1 N–H and O–H groups in total. The number of benzene rings is 5. The third kappa shape index (κ3) is 8.31. The van der Waals surface area contributed by atoms with Crippen LogP contribution in [0.3, 0.4) is 0 Å². The van der Waals surface area contributed by atoms with Crippen LogP contribution in [0.25, 0.3) is 54.8 Å². The fraction of sp³-hybridized carbons (Fsp3) is 0.366. The average Bonchev–Trinajstić information content (AvgIpc) is 3.60. The summed E-state index contributed by atoms with van der Waals surface area (Å²) in [7, 11) is 2.28. The van der Waals surface area contributed by atoms with Crippen molar-refractivity contribution in [1.82, 2.24) is 8.75 Å². The van der Waals surface area contributed by atoms with Crippen molar-refractivity contribution in [2.24, 2.45) is 17.8 Å². The lowest BCUT2D eigenvalue weighted by Crippen LogP contribution is -2.08. The number of aromatic nitrogens is 2. The van der Waals surface area contributed by atoms with Crippen molar-refractivity contribution < 1.29 is 9.63 Å². The number of rotatable bonds is 3. The number of aromatic hydroxyl groups is 1. The first-order chi connectivity index (χ1) is 22.9. The number of phenolic OH excluding ortho intramolecular Hbond substituents is 1. The van der Waals surface area contributed by atoms with E-state index in [0.717, 1.165) is 78.3 Å². The molecule has 1 unspecified atom stereocenters. The molecule has 0 aliphatic heterocycles. The molecule has 4 nitrogen and oxygen atoms in total. The van der Waals surface area contributed by atoms with Crippen molar-refractivity contribution in [2.75, 3.05) is 0 Å². The maximum atomic E-state index is 9.74. The fourth-order valence-corrected chi connectivity index (χ4v) is 7.65. The van der Waals surface area contributed by atoms with Gasteiger partial charge in [-0.2, -0.15) is 8.75 Å². The molecule has 2 aliphatic carbocycles. The topological polar surface area (TPSA) is 55.2 Å². The molecule has 1 heterocycles. The van der Waals surface area contributed by atoms with E-state index in [1.54, 1.807) is 12.1 Å². The standard InChI is InChI=1S/C26H17N2O2PS.C8H16.C7H14/c29-21-7-5-15-11-19(3-1-17(15)13-21)23-9-10-24(26-25(23)27-32-28-26)20-4-2-18-14-22(30-31)8-6-16(18)12-20;1-7-3-5-8(2)6-4-7;1-7-5-3-2-4-6-7/h1-14,29H,31H2;7-8H,3-6H2,1-2H3;7H,2-6H2,1H3. The van der Waals surface area contributed by atoms with E-state index in [1.165, 1.54) is 69.5 Å². The molecule has 1 atom stereocenters. The quantitative estimate of drug-likeness (QED) is 0.192. The Bertz CT molecular complexity index is 1930. The summed E-state index contributed by atoms with van der Waals surface area (Å²) in [6.45, 7) is 7.09. The van der Waals surface area contributed by atoms with Crippen LogP contribution < -0.4 is 4.52 Å². The van der Waals surface area contributed by atoms with Crippen LogP contribution in [0.5, 0.6) is 11.5 Å². The molecule has 0 saturated heterocycles. The van der Waals surface area contributed by atoms with Crippen LogP contribution in [0.2, 0.25) is 0 Å². The number of fused-ring (bicyclic) bond motifs is 3. The molecule has 47 heavy (non-hydrogen) atoms. The SMILES string of the molecule is CC1CCC(C)CC1.CC1CCCCC1.Oc1ccc2cc(-c3ccc(-c4ccc5cc(OP)ccc5c4)c4nsnc34)ccc2c1. The van der Waals surface area contributed by atoms with E-state index in [9.17, 15) is 5.11 Å². The third-order valence-electron chi connectivity index (χ3n) is 10.0. The summed E-state index contributed by atoms with van der Waals surface area (Å²) in [5.74, 6) is 4.16. The lowest BCUT2D eigenvalue weighted by atomic mass is 9.84. The number of phenols is 1. The van der Waals surface area contributed by atoms with Gasteiger partial charge in [0.05, 0.1) is 21.2 Å². The molecule has 6 heteroatoms. The van der Waals surface area contributed by atoms with Gasteiger partial charge in [-0.1, -0.05) is 127 Å². The highest BCUT2D eigenvalue weighted by atomic mass is 32.1. The van der Waals surface area contributed by atoms with Crippen molar-refractivity contribution in [3.8, 4) is 33.8 Å². The molecule has 0 radical (unpaired) electrons. The smallest absolute Gasteiger partial charge is 0.123 e. The number of hydrogen-bond acceptors (Lipinski definition) is 5. The van der Waals surface area contributed by atoms with Crippen LogP contribution in [0.4, 0.5) is 0 Å². The molecule has 2 fully saturated rings. The van der Waals surface area contributed by atoms with E-state index in [1.807, 2.05) is 24.3 Å². The first-order valence-electron chi connectivity index (χ1n) is 17.3. The highest BCUT2D eigenvalue weighted by molar-refractivity contribution is 7.10. The van der Waals surface area contributed by atoms with Gasteiger partial charge in [-0.25, -0.2) is 0 Å². The van der Waals surface area contributed by atoms with Crippen LogP contribution >= 0.6 is 21.2 Å². The second-order valence-corrected chi connectivity index (χ2v) is 14.6. The Morgan fingerprint density at radius 2 is 1.04 bits per heavy atom. The van der Waals surface area contributed by atoms with Gasteiger partial charge < -0.3 is 9.63 Å². The summed E-state index contributed by atoms with van der Waals surface area (Å²) < 4.78 is 14.5. The van der Waals surface area contributed by atoms with Crippen LogP contribution in [0.1, 0.15) is 78.6 Å². The van der Waals surface area contributed by atoms with E-state index >= 15 is 0 Å². The molecule has 1 aromatic heterocycles. The summed E-state index contributed by atoms with van der Waals surface area (Å²) in [5, 5.41) is 14.1. The van der Waals surface area contributed by atoms with Crippen LogP contribution in [0, 0.1) is 17.8 Å². The van der Waals surface area contributed by atoms with E-state index in [-0.39, 0.29) is 5.75 Å². The summed E-state index contributed by atoms with van der Waals surface area (Å²) in [6.07, 6.45) is 13.3. The number of nitrogens with zero attached hydrogens (tertiary/aromatic N) is 2. The van der Waals surface area contributed by atoms with Crippen molar-refractivity contribution in [1.29, 1.82) is 0 Å². The summed E-state index contributed by atoms with van der Waals surface area (Å²) in [6, 6.07) is 28.3. The Morgan fingerprint density at radius 3 is 1.55 bits per heavy atom. The van der Waals surface area contributed by atoms with E-state index < -0.39 is 0 Å². The minimum absolute atomic E-state index is 0.272. The lowest BCUT2D eigenvalue weighted by Gasteiger charge is -2.22. The van der Waals surface area contributed by atoms with Gasteiger partial charge in [-0.15, -0.1) is 0 Å². The van der Waals surface area contributed by atoms with Crippen molar-refractivity contribution >= 4 is 53.8 Å². The maximum absolute atomic E-state index is 9.74. The Labute approximate surface area is 286 Å². The zero-order valence-electron chi connectivity index (χ0n) is 27.9. The Kier molecular flexibility index (Phi) is 11.1. The molecule has 2 saturated carbocycles. The first kappa shape index (κ1) is 33.4. The van der Waals surface area contributed by atoms with Gasteiger partial charge in [0.2, 0.25) is 0 Å². The first-order valence-corrected chi connectivity index (χ1v) is 18.5. The Balaban J connectivity index is 0.000000211. The molecule has 0 spiro atoms. The monoisotopic (exact) mass is 662 g/mol. The maximum Gasteiger partial charge on any atom is 0.123 e. The van der Waals surface area contributed by atoms with Crippen molar-refractivity contribution in [3.63, 3.8) is 0 Å². The Hall–Kier alpha value is -3.53. The molecule has 6 aromatic rings. The molecule has 0 amide bonds. The predicted octanol–water partition coefficient (Wildman–Crippen LogP) is 12.6. The van der Waals surface area contributed by atoms with Gasteiger partial charge in [-0.3, -0.25) is 0 Å². The Morgan fingerprint density at radius 1 is 0.574 bits per heavy atom. The van der Waals surface area contributed by atoms with Crippen LogP contribution in [0.15, 0.2) is 84.9 Å². The molecule has 244 valence electrons. The predicted molar refractivity (Wildman–Crippen MR) is 204 cm³/mol. The third-order valence-corrected chi connectivity index (χ3v) is 10.8. The molecular formula is C41H47N2O2PS. The second-order valence-electron chi connectivity index (χ2n) is 13.8. The van der Waals surface area contributed by atoms with Crippen molar-refractivity contribution in [3.05, 3.63) is 84.9 Å².